The van der Waals surface area contributed by atoms with Crippen molar-refractivity contribution in [2.24, 2.45) is 0 Å². The van der Waals surface area contributed by atoms with Crippen molar-refractivity contribution in [1.82, 2.24) is 19.9 Å². The fourth-order valence-corrected chi connectivity index (χ4v) is 10.3. The van der Waals surface area contributed by atoms with Crippen LogP contribution in [0.5, 0.6) is 0 Å². The number of benzene rings is 6. The highest BCUT2D eigenvalue weighted by molar-refractivity contribution is 6.17. The molecule has 0 amide bonds. The fraction of sp³-hybridized carbons (Fsp3) is 0.250. The lowest BCUT2D eigenvalue weighted by atomic mass is 9.78. The molecule has 0 spiro atoms. The highest BCUT2D eigenvalue weighted by atomic mass is 14.8. The zero-order valence-corrected chi connectivity index (χ0v) is 41.8. The molecule has 2 aliphatic heterocycles. The first kappa shape index (κ1) is 43.5. The van der Waals surface area contributed by atoms with Gasteiger partial charge in [0.25, 0.3) is 0 Å². The molecule has 0 radical (unpaired) electrons. The Bertz CT molecular complexity index is 3400. The van der Waals surface area contributed by atoms with Crippen LogP contribution in [-0.4, -0.2) is 19.9 Å². The van der Waals surface area contributed by atoms with Crippen LogP contribution in [0.2, 0.25) is 0 Å². The van der Waals surface area contributed by atoms with E-state index in [4.69, 9.17) is 9.97 Å². The lowest BCUT2D eigenvalue weighted by molar-refractivity contribution is 0.568. The van der Waals surface area contributed by atoms with Crippen LogP contribution in [0.15, 0.2) is 146 Å². The minimum absolute atomic E-state index is 0.0844. The van der Waals surface area contributed by atoms with Gasteiger partial charge in [-0.3, -0.25) is 0 Å². The van der Waals surface area contributed by atoms with Gasteiger partial charge in [-0.05, 0) is 67.2 Å². The van der Waals surface area contributed by atoms with Crippen molar-refractivity contribution >= 4 is 43.6 Å². The first-order chi connectivity index (χ1) is 32.2. The molecule has 2 N–H and O–H groups in total. The molecular weight excluding hydrogens is 825 g/mol. The van der Waals surface area contributed by atoms with Crippen molar-refractivity contribution in [3.8, 4) is 67.3 Å². The summed E-state index contributed by atoms with van der Waals surface area (Å²) in [4.78, 5) is 19.8. The van der Waals surface area contributed by atoms with E-state index in [2.05, 4.69) is 239 Å². The van der Waals surface area contributed by atoms with Crippen molar-refractivity contribution in [3.05, 3.63) is 168 Å². The number of aromatic nitrogens is 4. The topological polar surface area (TPSA) is 57.4 Å². The summed E-state index contributed by atoms with van der Waals surface area (Å²) in [6, 6.07) is 54.2. The predicted octanol–water partition coefficient (Wildman–Crippen LogP) is 17.8. The van der Waals surface area contributed by atoms with E-state index in [1.165, 1.54) is 22.3 Å². The normalized spacial score (nSPS) is 13.0. The van der Waals surface area contributed by atoms with Gasteiger partial charge in [0.05, 0.1) is 33.8 Å². The second-order valence-corrected chi connectivity index (χ2v) is 23.3. The zero-order valence-electron chi connectivity index (χ0n) is 41.8. The quantitative estimate of drug-likeness (QED) is 0.182. The molecule has 9 aromatic rings. The molecule has 0 saturated heterocycles. The molecule has 4 heteroatoms. The van der Waals surface area contributed by atoms with Crippen molar-refractivity contribution in [2.45, 2.75) is 105 Å². The average molecular weight is 887 g/mol. The van der Waals surface area contributed by atoms with Crippen LogP contribution in [0.3, 0.4) is 0 Å². The third-order valence-corrected chi connectivity index (χ3v) is 14.3. The highest BCUT2D eigenvalue weighted by Gasteiger charge is 2.29. The van der Waals surface area contributed by atoms with E-state index in [1.807, 2.05) is 0 Å². The summed E-state index contributed by atoms with van der Waals surface area (Å²) in [5.41, 5.74) is 21.7. The number of rotatable bonds is 2. The first-order valence-corrected chi connectivity index (χ1v) is 24.3. The molecular formula is C64H62N4. The lowest BCUT2D eigenvalue weighted by Crippen LogP contribution is -2.16. The van der Waals surface area contributed by atoms with Crippen molar-refractivity contribution in [3.63, 3.8) is 0 Å². The van der Waals surface area contributed by atoms with E-state index in [0.29, 0.717) is 0 Å². The van der Waals surface area contributed by atoms with Gasteiger partial charge in [0.1, 0.15) is 0 Å². The van der Waals surface area contributed by atoms with Crippen molar-refractivity contribution in [2.75, 3.05) is 0 Å². The van der Waals surface area contributed by atoms with Crippen LogP contribution >= 0.6 is 0 Å². The van der Waals surface area contributed by atoms with Gasteiger partial charge in [-0.1, -0.05) is 217 Å². The van der Waals surface area contributed by atoms with Gasteiger partial charge < -0.3 is 9.97 Å². The molecule has 338 valence electrons. The summed E-state index contributed by atoms with van der Waals surface area (Å²) >= 11 is 0. The molecule has 0 atom stereocenters. The minimum Gasteiger partial charge on any atom is -0.354 e. The molecule has 5 heterocycles. The third kappa shape index (κ3) is 7.28. The largest absolute Gasteiger partial charge is 0.354 e. The molecule has 68 heavy (non-hydrogen) atoms. The van der Waals surface area contributed by atoms with Crippen LogP contribution in [0.1, 0.15) is 105 Å². The van der Waals surface area contributed by atoms with Crippen LogP contribution in [-0.2, 0) is 21.7 Å². The maximum atomic E-state index is 5.79. The molecule has 8 bridgehead atoms. The number of nitrogens with one attached hydrogen (secondary N) is 2. The predicted molar refractivity (Wildman–Crippen MR) is 291 cm³/mol. The molecule has 2 aliphatic rings. The lowest BCUT2D eigenvalue weighted by Gasteiger charge is -2.26. The minimum atomic E-state index is -0.0844. The molecule has 4 nitrogen and oxygen atoms in total. The number of H-pyrrole nitrogens is 2. The maximum Gasteiger partial charge on any atom is 0.0815 e. The standard InChI is InChI=1S/C64H62N4/c1-61(2,3)39-29-37(30-40(33-39)62(4,5)6)55-57-47-25-17-13-21-43(47)51(65-57)35-53-45-23-15-19-27-49(45)59(67-53)56(38-31-41(63(7,8)9)34-42(32-38)64(10,11)12)60-50-28-20-16-24-46(50)54(68-60)36-52-44-22-14-18-26-48(44)58(55)66-52/h13-36,65,68H,1-12H3. The van der Waals surface area contributed by atoms with E-state index >= 15 is 0 Å². The SMILES string of the molecule is CC(C)(C)c1cc(-c2c3nc(cc4[nH]c(c(-c5cc(C(C)(C)C)cc(C(C)(C)C)c5)c5nc(cc6[nH]c2c2ccccc62)-c2ccccc2-5)c2ccccc42)-c2ccccc2-3)cc(C(C)(C)C)c1. The fourth-order valence-electron chi connectivity index (χ4n) is 10.3. The van der Waals surface area contributed by atoms with E-state index in [-0.39, 0.29) is 21.7 Å². The maximum absolute atomic E-state index is 5.79. The molecule has 0 aliphatic carbocycles. The smallest absolute Gasteiger partial charge is 0.0815 e. The zero-order chi connectivity index (χ0) is 47.7. The Morgan fingerprint density at radius 1 is 0.324 bits per heavy atom. The van der Waals surface area contributed by atoms with Gasteiger partial charge in [-0.15, -0.1) is 0 Å². The number of nitrogens with zero attached hydrogens (tertiary/aromatic N) is 2. The Balaban J connectivity index is 1.40. The van der Waals surface area contributed by atoms with Gasteiger partial charge >= 0.3 is 0 Å². The Morgan fingerprint density at radius 2 is 0.618 bits per heavy atom. The first-order valence-electron chi connectivity index (χ1n) is 24.3. The number of fused-ring (bicyclic) bond motifs is 20. The number of aromatic amines is 2. The summed E-state index contributed by atoms with van der Waals surface area (Å²) in [6.07, 6.45) is 0. The second kappa shape index (κ2) is 15.2. The van der Waals surface area contributed by atoms with E-state index in [0.717, 1.165) is 111 Å². The second-order valence-electron chi connectivity index (χ2n) is 23.3. The number of hydrogen-bond acceptors (Lipinski definition) is 2. The Labute approximate surface area is 401 Å². The Kier molecular flexibility index (Phi) is 9.75. The molecule has 3 aromatic heterocycles. The monoisotopic (exact) mass is 886 g/mol. The molecule has 0 unspecified atom stereocenters. The van der Waals surface area contributed by atoms with Gasteiger partial charge in [0.2, 0.25) is 0 Å². The highest BCUT2D eigenvalue weighted by Crippen LogP contribution is 2.49. The van der Waals surface area contributed by atoms with Gasteiger partial charge in [0.15, 0.2) is 0 Å². The molecule has 0 fully saturated rings. The number of hydrogen-bond donors (Lipinski definition) is 2. The summed E-state index contributed by atoms with van der Waals surface area (Å²) in [6.45, 7) is 27.8. The van der Waals surface area contributed by atoms with Crippen molar-refractivity contribution < 1.29 is 0 Å². The van der Waals surface area contributed by atoms with Crippen LogP contribution in [0.25, 0.3) is 111 Å². The van der Waals surface area contributed by atoms with Gasteiger partial charge in [0, 0.05) is 66.0 Å². The van der Waals surface area contributed by atoms with Crippen molar-refractivity contribution in [1.29, 1.82) is 0 Å². The van der Waals surface area contributed by atoms with Gasteiger partial charge in [-0.25, -0.2) is 9.97 Å². The Morgan fingerprint density at radius 3 is 0.941 bits per heavy atom. The summed E-state index contributed by atoms with van der Waals surface area (Å²) in [5, 5.41) is 4.57. The Hall–Kier alpha value is -7.04. The molecule has 11 rings (SSSR count). The summed E-state index contributed by atoms with van der Waals surface area (Å²) in [7, 11) is 0. The van der Waals surface area contributed by atoms with Crippen LogP contribution in [0.4, 0.5) is 0 Å². The summed E-state index contributed by atoms with van der Waals surface area (Å²) < 4.78 is 0. The van der Waals surface area contributed by atoms with Gasteiger partial charge in [-0.2, -0.15) is 0 Å². The van der Waals surface area contributed by atoms with E-state index < -0.39 is 0 Å². The van der Waals surface area contributed by atoms with E-state index in [1.54, 1.807) is 0 Å². The van der Waals surface area contributed by atoms with Crippen LogP contribution < -0.4 is 0 Å². The van der Waals surface area contributed by atoms with E-state index in [9.17, 15) is 0 Å². The summed E-state index contributed by atoms with van der Waals surface area (Å²) in [5.74, 6) is 0. The molecule has 0 saturated carbocycles. The van der Waals surface area contributed by atoms with Crippen LogP contribution in [0, 0.1) is 0 Å². The molecule has 6 aromatic carbocycles. The third-order valence-electron chi connectivity index (χ3n) is 14.3. The average Bonchev–Trinajstić information content (AvgIpc) is 4.05.